The summed E-state index contributed by atoms with van der Waals surface area (Å²) in [6.07, 6.45) is 0. The van der Waals surface area contributed by atoms with Gasteiger partial charge < -0.3 is 9.47 Å². The van der Waals surface area contributed by atoms with Gasteiger partial charge >= 0.3 is 5.97 Å². The number of ether oxygens (including phenoxy) is 2. The lowest BCUT2D eigenvalue weighted by Gasteiger charge is -2.19. The lowest BCUT2D eigenvalue weighted by Crippen LogP contribution is -2.30. The molecule has 0 fully saturated rings. The molecule has 26 heavy (non-hydrogen) atoms. The van der Waals surface area contributed by atoms with Crippen LogP contribution < -0.4 is 9.46 Å². The van der Waals surface area contributed by atoms with E-state index in [0.29, 0.717) is 11.5 Å². The Kier molecular flexibility index (Phi) is 6.44. The predicted octanol–water partition coefficient (Wildman–Crippen LogP) is 3.88. The smallest absolute Gasteiger partial charge is 0.323 e. The molecule has 0 aromatic heterocycles. The molecule has 2 aromatic rings. The second kappa shape index (κ2) is 8.20. The van der Waals surface area contributed by atoms with E-state index in [4.69, 9.17) is 9.47 Å². The SMILES string of the molecule is CC(C)(C)OC(=O)C[N]S(=O)(=O)c1ccc(Oc2ccc(Br)cc2)cc1. The summed E-state index contributed by atoms with van der Waals surface area (Å²) in [5, 5.41) is 0. The van der Waals surface area contributed by atoms with E-state index >= 15 is 0 Å². The zero-order valence-electron chi connectivity index (χ0n) is 14.6. The molecule has 2 aromatic carbocycles. The highest BCUT2D eigenvalue weighted by Crippen LogP contribution is 2.24. The molecular formula is C18H19BrNO5S. The van der Waals surface area contributed by atoms with Crippen molar-refractivity contribution in [2.75, 3.05) is 6.54 Å². The van der Waals surface area contributed by atoms with Crippen LogP contribution in [0.15, 0.2) is 57.9 Å². The third-order valence-corrected chi connectivity index (χ3v) is 4.82. The summed E-state index contributed by atoms with van der Waals surface area (Å²) in [4.78, 5) is 11.6. The Balaban J connectivity index is 1.99. The van der Waals surface area contributed by atoms with Gasteiger partial charge in [-0.25, -0.2) is 8.42 Å². The van der Waals surface area contributed by atoms with Crippen molar-refractivity contribution in [3.8, 4) is 11.5 Å². The van der Waals surface area contributed by atoms with Crippen LogP contribution in [-0.2, 0) is 19.6 Å². The second-order valence-corrected chi connectivity index (χ2v) is 8.97. The Morgan fingerprint density at radius 3 is 2.00 bits per heavy atom. The van der Waals surface area contributed by atoms with Crippen LogP contribution in [0.1, 0.15) is 20.8 Å². The molecule has 0 N–H and O–H groups in total. The van der Waals surface area contributed by atoms with Crippen molar-refractivity contribution >= 4 is 31.9 Å². The molecule has 0 saturated carbocycles. The number of carbonyl (C=O) groups is 1. The fraction of sp³-hybridized carbons (Fsp3) is 0.278. The molecule has 2 rings (SSSR count). The number of carbonyl (C=O) groups excluding carboxylic acids is 1. The molecule has 0 aliphatic rings. The van der Waals surface area contributed by atoms with E-state index < -0.39 is 28.1 Å². The third kappa shape index (κ3) is 6.44. The summed E-state index contributed by atoms with van der Waals surface area (Å²) in [6, 6.07) is 13.0. The molecule has 139 valence electrons. The number of esters is 1. The maximum absolute atomic E-state index is 12.2. The molecule has 6 nitrogen and oxygen atoms in total. The van der Waals surface area contributed by atoms with Gasteiger partial charge in [0.05, 0.1) is 4.90 Å². The molecule has 0 saturated heterocycles. The van der Waals surface area contributed by atoms with Gasteiger partial charge in [-0.1, -0.05) is 15.9 Å². The molecular weight excluding hydrogens is 422 g/mol. The molecule has 0 bridgehead atoms. The van der Waals surface area contributed by atoms with Gasteiger partial charge in [0.25, 0.3) is 10.0 Å². The van der Waals surface area contributed by atoms with Crippen molar-refractivity contribution in [2.45, 2.75) is 31.3 Å². The van der Waals surface area contributed by atoms with Gasteiger partial charge in [0.1, 0.15) is 23.6 Å². The van der Waals surface area contributed by atoms with Crippen LogP contribution in [0.5, 0.6) is 11.5 Å². The molecule has 0 amide bonds. The quantitative estimate of drug-likeness (QED) is 0.636. The minimum Gasteiger partial charge on any atom is -0.459 e. The normalized spacial score (nSPS) is 11.8. The monoisotopic (exact) mass is 440 g/mol. The fourth-order valence-corrected chi connectivity index (χ4v) is 3.07. The van der Waals surface area contributed by atoms with E-state index in [1.165, 1.54) is 24.3 Å². The lowest BCUT2D eigenvalue weighted by atomic mass is 10.2. The van der Waals surface area contributed by atoms with Crippen molar-refractivity contribution in [2.24, 2.45) is 0 Å². The molecule has 0 atom stereocenters. The van der Waals surface area contributed by atoms with Gasteiger partial charge in [0.2, 0.25) is 0 Å². The van der Waals surface area contributed by atoms with Gasteiger partial charge in [-0.15, -0.1) is 4.72 Å². The van der Waals surface area contributed by atoms with Crippen LogP contribution in [0.3, 0.4) is 0 Å². The van der Waals surface area contributed by atoms with E-state index in [-0.39, 0.29) is 4.90 Å². The average molecular weight is 441 g/mol. The zero-order chi connectivity index (χ0) is 19.4. The predicted molar refractivity (Wildman–Crippen MR) is 101 cm³/mol. The highest BCUT2D eigenvalue weighted by atomic mass is 79.9. The first kappa shape index (κ1) is 20.4. The van der Waals surface area contributed by atoms with Crippen LogP contribution in [-0.4, -0.2) is 26.5 Å². The van der Waals surface area contributed by atoms with E-state index in [1.807, 2.05) is 12.1 Å². The van der Waals surface area contributed by atoms with Gasteiger partial charge in [0, 0.05) is 4.47 Å². The van der Waals surface area contributed by atoms with E-state index in [0.717, 1.165) is 4.47 Å². The van der Waals surface area contributed by atoms with Crippen molar-refractivity contribution in [3.05, 3.63) is 53.0 Å². The number of sulfonamides is 1. The number of rotatable bonds is 6. The molecule has 0 aliphatic heterocycles. The molecule has 0 heterocycles. The molecule has 8 heteroatoms. The van der Waals surface area contributed by atoms with Crippen LogP contribution in [0.4, 0.5) is 0 Å². The highest BCUT2D eigenvalue weighted by molar-refractivity contribution is 9.10. The fourth-order valence-electron chi connectivity index (χ4n) is 1.90. The maximum atomic E-state index is 12.2. The Morgan fingerprint density at radius 1 is 1.00 bits per heavy atom. The van der Waals surface area contributed by atoms with Crippen molar-refractivity contribution in [1.29, 1.82) is 0 Å². The van der Waals surface area contributed by atoms with Gasteiger partial charge in [-0.3, -0.25) is 4.79 Å². The topological polar surface area (TPSA) is 83.8 Å². The molecule has 0 spiro atoms. The number of benzene rings is 2. The minimum atomic E-state index is -3.94. The number of nitrogens with zero attached hydrogens (tertiary/aromatic N) is 1. The summed E-state index contributed by atoms with van der Waals surface area (Å²) in [5.74, 6) is 0.410. The van der Waals surface area contributed by atoms with Crippen LogP contribution in [0.25, 0.3) is 0 Å². The van der Waals surface area contributed by atoms with Crippen LogP contribution >= 0.6 is 15.9 Å². The molecule has 0 aliphatic carbocycles. The molecule has 1 radical (unpaired) electrons. The Bertz CT molecular complexity index is 856. The average Bonchev–Trinajstić information content (AvgIpc) is 2.54. The third-order valence-electron chi connectivity index (χ3n) is 2.95. The largest absolute Gasteiger partial charge is 0.459 e. The summed E-state index contributed by atoms with van der Waals surface area (Å²) < 4.78 is 39.5. The highest BCUT2D eigenvalue weighted by Gasteiger charge is 2.21. The van der Waals surface area contributed by atoms with Crippen molar-refractivity contribution in [3.63, 3.8) is 0 Å². The standard InChI is InChI=1S/C18H19BrNO5S/c1-18(2,3)25-17(21)12-20-26(22,23)16-10-8-15(9-11-16)24-14-6-4-13(19)5-7-14/h4-11H,12H2,1-3H3. The van der Waals surface area contributed by atoms with Gasteiger partial charge in [-0.05, 0) is 69.3 Å². The maximum Gasteiger partial charge on any atom is 0.323 e. The Hall–Kier alpha value is -1.90. The first-order chi connectivity index (χ1) is 12.0. The first-order valence-electron chi connectivity index (χ1n) is 7.74. The first-order valence-corrected chi connectivity index (χ1v) is 9.98. The van der Waals surface area contributed by atoms with E-state index in [2.05, 4.69) is 20.7 Å². The summed E-state index contributed by atoms with van der Waals surface area (Å²) in [6.45, 7) is 4.54. The van der Waals surface area contributed by atoms with Crippen LogP contribution in [0, 0.1) is 0 Å². The van der Waals surface area contributed by atoms with E-state index in [9.17, 15) is 13.2 Å². The summed E-state index contributed by atoms with van der Waals surface area (Å²) in [5.41, 5.74) is -0.692. The lowest BCUT2D eigenvalue weighted by molar-refractivity contribution is -0.153. The zero-order valence-corrected chi connectivity index (χ0v) is 17.0. The number of hydrogen-bond donors (Lipinski definition) is 0. The van der Waals surface area contributed by atoms with Crippen molar-refractivity contribution in [1.82, 2.24) is 4.72 Å². The van der Waals surface area contributed by atoms with E-state index in [1.54, 1.807) is 32.9 Å². The summed E-state index contributed by atoms with van der Waals surface area (Å²) in [7, 11) is -3.94. The molecule has 0 unspecified atom stereocenters. The summed E-state index contributed by atoms with van der Waals surface area (Å²) >= 11 is 3.34. The van der Waals surface area contributed by atoms with Gasteiger partial charge in [0.15, 0.2) is 0 Å². The Labute approximate surface area is 161 Å². The van der Waals surface area contributed by atoms with Gasteiger partial charge in [-0.2, -0.15) is 0 Å². The van der Waals surface area contributed by atoms with Crippen LogP contribution in [0.2, 0.25) is 0 Å². The minimum absolute atomic E-state index is 0.0239. The Morgan fingerprint density at radius 2 is 1.50 bits per heavy atom. The van der Waals surface area contributed by atoms with Crippen molar-refractivity contribution < 1.29 is 22.7 Å². The number of halogens is 1. The second-order valence-electron chi connectivity index (χ2n) is 6.38. The number of hydrogen-bond acceptors (Lipinski definition) is 5.